The molecule has 0 aromatic rings. The highest BCUT2D eigenvalue weighted by atomic mass is 16.3. The summed E-state index contributed by atoms with van der Waals surface area (Å²) in [5.41, 5.74) is 5.03. The predicted molar refractivity (Wildman–Crippen MR) is 70.6 cm³/mol. The molecule has 0 aliphatic carbocycles. The summed E-state index contributed by atoms with van der Waals surface area (Å²) in [7, 11) is 0. The lowest BCUT2D eigenvalue weighted by molar-refractivity contribution is -0.123. The molecule has 4 N–H and O–H groups in total. The second-order valence-corrected chi connectivity index (χ2v) is 5.36. The summed E-state index contributed by atoms with van der Waals surface area (Å²) in [6, 6.07) is 0. The molecular weight excluding hydrogens is 216 g/mol. The Balaban J connectivity index is 3.95. The molecule has 0 aromatic carbocycles. The van der Waals surface area contributed by atoms with E-state index >= 15 is 0 Å². The number of carbonyl (C=O) groups is 1. The zero-order valence-electron chi connectivity index (χ0n) is 11.5. The number of nitrogens with two attached hydrogens (primary N) is 1. The predicted octanol–water partition coefficient (Wildman–Crippen LogP) is 1.42. The average molecular weight is 244 g/mol. The summed E-state index contributed by atoms with van der Waals surface area (Å²) in [5, 5.41) is 11.9. The van der Waals surface area contributed by atoms with Crippen molar-refractivity contribution in [1.82, 2.24) is 5.32 Å². The normalized spacial score (nSPS) is 13.5. The Morgan fingerprint density at radius 1 is 1.35 bits per heavy atom. The molecule has 4 nitrogen and oxygen atoms in total. The first-order valence-electron chi connectivity index (χ1n) is 6.57. The van der Waals surface area contributed by atoms with E-state index in [1.54, 1.807) is 0 Å². The Morgan fingerprint density at radius 3 is 2.47 bits per heavy atom. The van der Waals surface area contributed by atoms with E-state index in [4.69, 9.17) is 10.8 Å². The van der Waals surface area contributed by atoms with Crippen LogP contribution in [0.25, 0.3) is 0 Å². The van der Waals surface area contributed by atoms with Gasteiger partial charge in [0.25, 0.3) is 0 Å². The molecule has 1 atom stereocenters. The molecule has 0 fully saturated rings. The van der Waals surface area contributed by atoms with Crippen LogP contribution in [-0.2, 0) is 4.79 Å². The van der Waals surface area contributed by atoms with Gasteiger partial charge in [-0.05, 0) is 39.2 Å². The van der Waals surface area contributed by atoms with Gasteiger partial charge < -0.3 is 16.2 Å². The summed E-state index contributed by atoms with van der Waals surface area (Å²) >= 11 is 0. The van der Waals surface area contributed by atoms with E-state index < -0.39 is 5.54 Å². The Morgan fingerprint density at radius 2 is 2.00 bits per heavy atom. The van der Waals surface area contributed by atoms with Crippen molar-refractivity contribution in [2.45, 2.75) is 58.4 Å². The summed E-state index contributed by atoms with van der Waals surface area (Å²) in [6.45, 7) is 6.43. The van der Waals surface area contributed by atoms with Gasteiger partial charge in [-0.25, -0.2) is 0 Å². The van der Waals surface area contributed by atoms with E-state index in [0.717, 1.165) is 25.7 Å². The topological polar surface area (TPSA) is 75.4 Å². The Hall–Kier alpha value is -0.610. The Bertz CT molecular complexity index is 211. The van der Waals surface area contributed by atoms with E-state index in [9.17, 15) is 4.79 Å². The van der Waals surface area contributed by atoms with Gasteiger partial charge in [0.1, 0.15) is 0 Å². The van der Waals surface area contributed by atoms with Gasteiger partial charge in [-0.1, -0.05) is 19.8 Å². The van der Waals surface area contributed by atoms with Gasteiger partial charge in [0.05, 0.1) is 12.1 Å². The first kappa shape index (κ1) is 16.4. The fourth-order valence-electron chi connectivity index (χ4n) is 1.89. The fourth-order valence-corrected chi connectivity index (χ4v) is 1.89. The molecule has 1 unspecified atom stereocenters. The molecule has 0 saturated carbocycles. The van der Waals surface area contributed by atoms with Crippen molar-refractivity contribution in [3.63, 3.8) is 0 Å². The van der Waals surface area contributed by atoms with Crippen LogP contribution in [0.4, 0.5) is 0 Å². The van der Waals surface area contributed by atoms with E-state index in [0.29, 0.717) is 18.9 Å². The number of hydrogen-bond donors (Lipinski definition) is 3. The molecule has 1 amide bonds. The summed E-state index contributed by atoms with van der Waals surface area (Å²) in [5.74, 6) is 0.565. The molecule has 17 heavy (non-hydrogen) atoms. The quantitative estimate of drug-likeness (QED) is 0.574. The molecule has 4 heteroatoms. The van der Waals surface area contributed by atoms with E-state index in [-0.39, 0.29) is 12.5 Å². The number of amides is 1. The molecule has 0 rings (SSSR count). The van der Waals surface area contributed by atoms with Crippen LogP contribution in [0.3, 0.4) is 0 Å². The van der Waals surface area contributed by atoms with E-state index in [1.807, 2.05) is 13.8 Å². The van der Waals surface area contributed by atoms with Gasteiger partial charge in [0, 0.05) is 6.42 Å². The smallest absolute Gasteiger partial charge is 0.220 e. The molecule has 0 aliphatic rings. The van der Waals surface area contributed by atoms with Crippen molar-refractivity contribution >= 4 is 5.91 Å². The lowest BCUT2D eigenvalue weighted by Gasteiger charge is -2.24. The van der Waals surface area contributed by atoms with Crippen molar-refractivity contribution < 1.29 is 9.90 Å². The van der Waals surface area contributed by atoms with Gasteiger partial charge >= 0.3 is 0 Å². The van der Waals surface area contributed by atoms with Crippen molar-refractivity contribution in [1.29, 1.82) is 0 Å². The zero-order valence-corrected chi connectivity index (χ0v) is 11.5. The third-order valence-electron chi connectivity index (χ3n) is 2.92. The van der Waals surface area contributed by atoms with Crippen LogP contribution < -0.4 is 11.1 Å². The van der Waals surface area contributed by atoms with E-state index in [1.165, 1.54) is 0 Å². The molecule has 0 bridgehead atoms. The maximum atomic E-state index is 11.7. The maximum Gasteiger partial charge on any atom is 0.220 e. The van der Waals surface area contributed by atoms with Crippen LogP contribution in [0.2, 0.25) is 0 Å². The largest absolute Gasteiger partial charge is 0.394 e. The van der Waals surface area contributed by atoms with E-state index in [2.05, 4.69) is 12.2 Å². The minimum absolute atomic E-state index is 0.0159. The van der Waals surface area contributed by atoms with Crippen LogP contribution in [0.15, 0.2) is 0 Å². The number of nitrogens with one attached hydrogen (secondary N) is 1. The molecule has 102 valence electrons. The Labute approximate surface area is 105 Å². The second-order valence-electron chi connectivity index (χ2n) is 5.36. The van der Waals surface area contributed by atoms with Gasteiger partial charge in [-0.3, -0.25) is 4.79 Å². The van der Waals surface area contributed by atoms with Gasteiger partial charge in [0.15, 0.2) is 0 Å². The lowest BCUT2D eigenvalue weighted by Crippen LogP contribution is -2.46. The number of aliphatic hydroxyl groups is 1. The second kappa shape index (κ2) is 8.48. The maximum absolute atomic E-state index is 11.7. The van der Waals surface area contributed by atoms with Crippen molar-refractivity contribution in [3.05, 3.63) is 0 Å². The van der Waals surface area contributed by atoms with Crippen LogP contribution in [0, 0.1) is 5.92 Å². The van der Waals surface area contributed by atoms with Crippen molar-refractivity contribution in [2.75, 3.05) is 13.2 Å². The first-order valence-corrected chi connectivity index (χ1v) is 6.57. The van der Waals surface area contributed by atoms with Gasteiger partial charge in [-0.15, -0.1) is 0 Å². The summed E-state index contributed by atoms with van der Waals surface area (Å²) < 4.78 is 0. The fraction of sp³-hybridized carbons (Fsp3) is 0.923. The highest BCUT2D eigenvalue weighted by Gasteiger charge is 2.19. The third kappa shape index (κ3) is 8.16. The zero-order chi connectivity index (χ0) is 13.3. The number of hydrogen-bond acceptors (Lipinski definition) is 3. The third-order valence-corrected chi connectivity index (χ3v) is 2.92. The number of rotatable bonds is 9. The highest BCUT2D eigenvalue weighted by molar-refractivity contribution is 5.76. The molecular formula is C13H28N2O2. The molecule has 0 heterocycles. The lowest BCUT2D eigenvalue weighted by atomic mass is 9.94. The van der Waals surface area contributed by atoms with Gasteiger partial charge in [0.2, 0.25) is 5.91 Å². The molecule has 0 aromatic heterocycles. The first-order chi connectivity index (χ1) is 7.95. The highest BCUT2D eigenvalue weighted by Crippen LogP contribution is 2.17. The monoisotopic (exact) mass is 244 g/mol. The van der Waals surface area contributed by atoms with Crippen molar-refractivity contribution in [2.24, 2.45) is 11.7 Å². The molecule has 0 saturated heterocycles. The number of aliphatic hydroxyl groups excluding tert-OH is 1. The van der Waals surface area contributed by atoms with Crippen LogP contribution in [0.1, 0.15) is 52.9 Å². The van der Waals surface area contributed by atoms with Crippen LogP contribution in [-0.4, -0.2) is 29.7 Å². The summed E-state index contributed by atoms with van der Waals surface area (Å²) in [6.07, 6.45) is 4.67. The van der Waals surface area contributed by atoms with Gasteiger partial charge in [-0.2, -0.15) is 0 Å². The van der Waals surface area contributed by atoms with Crippen LogP contribution >= 0.6 is 0 Å². The number of carbonyl (C=O) groups excluding carboxylic acids is 1. The van der Waals surface area contributed by atoms with Crippen molar-refractivity contribution in [3.8, 4) is 0 Å². The molecule has 0 radical (unpaired) electrons. The Kier molecular flexibility index (Phi) is 8.17. The SMILES string of the molecule is CCCC(CCN)CCC(=O)NC(C)(C)CO. The average Bonchev–Trinajstić information content (AvgIpc) is 2.26. The molecule has 0 spiro atoms. The van der Waals surface area contributed by atoms with Crippen LogP contribution in [0.5, 0.6) is 0 Å². The molecule has 0 aliphatic heterocycles. The standard InChI is InChI=1S/C13H28N2O2/c1-4-5-11(8-9-14)6-7-12(17)15-13(2,3)10-16/h11,16H,4-10,14H2,1-3H3,(H,15,17). The minimum atomic E-state index is -0.523. The minimum Gasteiger partial charge on any atom is -0.394 e. The summed E-state index contributed by atoms with van der Waals surface area (Å²) in [4.78, 5) is 11.7.